The lowest BCUT2D eigenvalue weighted by Gasteiger charge is -2.25. The fraction of sp³-hybridized carbons (Fsp3) is 0.700. The summed E-state index contributed by atoms with van der Waals surface area (Å²) < 4.78 is 2.26. The molecule has 2 N–H and O–H groups in total. The second kappa shape index (κ2) is 7.09. The molecule has 2 rings (SSSR count). The number of imidazole rings is 1. The Morgan fingerprint density at radius 2 is 2.13 bits per heavy atom. The smallest absolute Gasteiger partial charge is 0.111 e. The number of hydrogen-bond donors (Lipinski definition) is 1. The van der Waals surface area contributed by atoms with Crippen LogP contribution in [-0.4, -0.2) is 16.1 Å². The van der Waals surface area contributed by atoms with E-state index in [1.54, 1.807) is 0 Å². The van der Waals surface area contributed by atoms with Gasteiger partial charge in [-0.2, -0.15) is 0 Å². The Morgan fingerprint density at radius 1 is 1.40 bits per heavy atom. The van der Waals surface area contributed by atoms with Crippen molar-refractivity contribution < 1.29 is 0 Å². The van der Waals surface area contributed by atoms with E-state index in [1.165, 1.54) is 25.1 Å². The van der Waals surface area contributed by atoms with Crippen molar-refractivity contribution in [3.63, 3.8) is 0 Å². The van der Waals surface area contributed by atoms with Gasteiger partial charge in [0.2, 0.25) is 0 Å². The minimum atomic E-state index is 0. The third kappa shape index (κ3) is 3.37. The highest BCUT2D eigenvalue weighted by atomic mass is 35.5. The summed E-state index contributed by atoms with van der Waals surface area (Å²) in [5.74, 6) is 2.01. The van der Waals surface area contributed by atoms with Crippen molar-refractivity contribution >= 4 is 24.8 Å². The van der Waals surface area contributed by atoms with Gasteiger partial charge < -0.3 is 10.3 Å². The van der Waals surface area contributed by atoms with Crippen molar-refractivity contribution in [1.29, 1.82) is 0 Å². The normalized spacial score (nSPS) is 15.0. The average Bonchev–Trinajstić information content (AvgIpc) is 2.46. The zero-order valence-corrected chi connectivity index (χ0v) is 10.4. The molecule has 1 saturated carbocycles. The molecule has 0 unspecified atom stereocenters. The first-order chi connectivity index (χ1) is 6.42. The van der Waals surface area contributed by atoms with Crippen molar-refractivity contribution in [3.8, 4) is 0 Å². The van der Waals surface area contributed by atoms with Gasteiger partial charge in [-0.15, -0.1) is 24.8 Å². The number of nitrogens with zero attached hydrogens (tertiary/aromatic N) is 2. The SMILES string of the molecule is Cl.Cl.NCCCn1ccnc1C1CCC1. The molecule has 3 nitrogen and oxygen atoms in total. The Balaban J connectivity index is 0.000000980. The van der Waals surface area contributed by atoms with E-state index in [1.807, 2.05) is 6.20 Å². The first kappa shape index (κ1) is 14.8. The second-order valence-corrected chi connectivity index (χ2v) is 3.75. The van der Waals surface area contributed by atoms with Crippen molar-refractivity contribution in [3.05, 3.63) is 18.2 Å². The predicted molar refractivity (Wildman–Crippen MR) is 67.0 cm³/mol. The van der Waals surface area contributed by atoms with Gasteiger partial charge in [-0.05, 0) is 25.8 Å². The molecular formula is C10H19Cl2N3. The van der Waals surface area contributed by atoms with Crippen LogP contribution in [0, 0.1) is 0 Å². The van der Waals surface area contributed by atoms with Crippen LogP contribution in [0.25, 0.3) is 0 Å². The fourth-order valence-corrected chi connectivity index (χ4v) is 1.80. The summed E-state index contributed by atoms with van der Waals surface area (Å²) in [6, 6.07) is 0. The molecule has 1 aliphatic rings. The van der Waals surface area contributed by atoms with Crippen LogP contribution in [0.1, 0.15) is 37.4 Å². The highest BCUT2D eigenvalue weighted by Crippen LogP contribution is 2.35. The van der Waals surface area contributed by atoms with E-state index < -0.39 is 0 Å². The summed E-state index contributed by atoms with van der Waals surface area (Å²) in [6.07, 6.45) is 9.04. The van der Waals surface area contributed by atoms with Gasteiger partial charge in [0.15, 0.2) is 0 Å². The van der Waals surface area contributed by atoms with Gasteiger partial charge in [0.25, 0.3) is 0 Å². The van der Waals surface area contributed by atoms with E-state index in [0.717, 1.165) is 25.4 Å². The molecule has 5 heteroatoms. The molecule has 0 saturated heterocycles. The first-order valence-electron chi connectivity index (χ1n) is 5.13. The molecule has 1 aliphatic carbocycles. The zero-order valence-electron chi connectivity index (χ0n) is 8.76. The van der Waals surface area contributed by atoms with Gasteiger partial charge in [-0.1, -0.05) is 6.42 Å². The highest BCUT2D eigenvalue weighted by Gasteiger charge is 2.23. The third-order valence-electron chi connectivity index (χ3n) is 2.82. The lowest BCUT2D eigenvalue weighted by atomic mass is 9.85. The van der Waals surface area contributed by atoms with Gasteiger partial charge in [-0.25, -0.2) is 4.98 Å². The summed E-state index contributed by atoms with van der Waals surface area (Å²) in [4.78, 5) is 4.41. The van der Waals surface area contributed by atoms with Crippen LogP contribution in [0.2, 0.25) is 0 Å². The molecule has 1 fully saturated rings. The Hall–Kier alpha value is -0.250. The maximum atomic E-state index is 5.48. The minimum Gasteiger partial charge on any atom is -0.335 e. The van der Waals surface area contributed by atoms with Crippen LogP contribution in [0.5, 0.6) is 0 Å². The Bertz CT molecular complexity index is 271. The first-order valence-corrected chi connectivity index (χ1v) is 5.13. The maximum Gasteiger partial charge on any atom is 0.111 e. The van der Waals surface area contributed by atoms with E-state index in [4.69, 9.17) is 5.73 Å². The second-order valence-electron chi connectivity index (χ2n) is 3.75. The number of hydrogen-bond acceptors (Lipinski definition) is 2. The third-order valence-corrected chi connectivity index (χ3v) is 2.82. The summed E-state index contributed by atoms with van der Waals surface area (Å²) in [5.41, 5.74) is 5.48. The molecule has 0 aliphatic heterocycles. The molecule has 0 spiro atoms. The maximum absolute atomic E-state index is 5.48. The Kier molecular flexibility index (Phi) is 6.98. The lowest BCUT2D eigenvalue weighted by molar-refractivity contribution is 0.385. The largest absolute Gasteiger partial charge is 0.335 e. The standard InChI is InChI=1S/C10H17N3.2ClH/c11-5-2-7-13-8-6-12-10(13)9-3-1-4-9;;/h6,8-9H,1-5,7,11H2;2*1H. The monoisotopic (exact) mass is 251 g/mol. The molecule has 1 heterocycles. The van der Waals surface area contributed by atoms with Gasteiger partial charge in [0.1, 0.15) is 5.82 Å². The molecule has 88 valence electrons. The highest BCUT2D eigenvalue weighted by molar-refractivity contribution is 5.85. The molecule has 0 atom stereocenters. The van der Waals surface area contributed by atoms with Crippen LogP contribution >= 0.6 is 24.8 Å². The number of rotatable bonds is 4. The molecule has 0 aromatic carbocycles. The summed E-state index contributed by atoms with van der Waals surface area (Å²) in [6.45, 7) is 1.80. The van der Waals surface area contributed by atoms with Gasteiger partial charge in [-0.3, -0.25) is 0 Å². The van der Waals surface area contributed by atoms with Crippen LogP contribution in [0.4, 0.5) is 0 Å². The van der Waals surface area contributed by atoms with Gasteiger partial charge in [0, 0.05) is 24.9 Å². The van der Waals surface area contributed by atoms with Crippen molar-refractivity contribution in [2.45, 2.75) is 38.1 Å². The fourth-order valence-electron chi connectivity index (χ4n) is 1.80. The molecular weight excluding hydrogens is 233 g/mol. The van der Waals surface area contributed by atoms with E-state index in [-0.39, 0.29) is 24.8 Å². The quantitative estimate of drug-likeness (QED) is 0.893. The number of aromatic nitrogens is 2. The minimum absolute atomic E-state index is 0. The van der Waals surface area contributed by atoms with E-state index >= 15 is 0 Å². The molecule has 15 heavy (non-hydrogen) atoms. The van der Waals surface area contributed by atoms with Crippen molar-refractivity contribution in [2.24, 2.45) is 5.73 Å². The van der Waals surface area contributed by atoms with E-state index in [9.17, 15) is 0 Å². The molecule has 1 aromatic heterocycles. The molecule has 1 aromatic rings. The summed E-state index contributed by atoms with van der Waals surface area (Å²) >= 11 is 0. The van der Waals surface area contributed by atoms with Crippen LogP contribution in [0.15, 0.2) is 12.4 Å². The molecule has 0 radical (unpaired) electrons. The van der Waals surface area contributed by atoms with Gasteiger partial charge >= 0.3 is 0 Å². The van der Waals surface area contributed by atoms with Crippen LogP contribution < -0.4 is 5.73 Å². The Morgan fingerprint density at radius 3 is 2.67 bits per heavy atom. The van der Waals surface area contributed by atoms with Gasteiger partial charge in [0.05, 0.1) is 0 Å². The predicted octanol–water partition coefficient (Wildman–Crippen LogP) is 2.34. The average molecular weight is 252 g/mol. The topological polar surface area (TPSA) is 43.8 Å². The summed E-state index contributed by atoms with van der Waals surface area (Å²) in [7, 11) is 0. The molecule has 0 amide bonds. The van der Waals surface area contributed by atoms with E-state index in [2.05, 4.69) is 15.7 Å². The number of nitrogens with two attached hydrogens (primary N) is 1. The van der Waals surface area contributed by atoms with E-state index in [0.29, 0.717) is 0 Å². The number of halogens is 2. The Labute approximate surface area is 103 Å². The zero-order chi connectivity index (χ0) is 9.10. The lowest BCUT2D eigenvalue weighted by Crippen LogP contribution is -2.16. The van der Waals surface area contributed by atoms with Crippen molar-refractivity contribution in [1.82, 2.24) is 9.55 Å². The van der Waals surface area contributed by atoms with Crippen molar-refractivity contribution in [2.75, 3.05) is 6.54 Å². The van der Waals surface area contributed by atoms with Crippen LogP contribution in [-0.2, 0) is 6.54 Å². The number of aryl methyl sites for hydroxylation is 1. The summed E-state index contributed by atoms with van der Waals surface area (Å²) in [5, 5.41) is 0. The van der Waals surface area contributed by atoms with Crippen LogP contribution in [0.3, 0.4) is 0 Å². The molecule has 0 bridgehead atoms.